The van der Waals surface area contributed by atoms with Gasteiger partial charge in [-0.25, -0.2) is 9.78 Å². The second kappa shape index (κ2) is 5.92. The Morgan fingerprint density at radius 3 is 2.88 bits per heavy atom. The van der Waals surface area contributed by atoms with Gasteiger partial charge in [0.15, 0.2) is 0 Å². The molecule has 1 fully saturated rings. The third kappa shape index (κ3) is 3.35. The van der Waals surface area contributed by atoms with Crippen LogP contribution in [0, 0.1) is 6.57 Å². The molecule has 3 rings (SSSR count). The highest BCUT2D eigenvalue weighted by Gasteiger charge is 2.33. The van der Waals surface area contributed by atoms with Gasteiger partial charge in [-0.2, -0.15) is 0 Å². The topological polar surface area (TPSA) is 76.5 Å². The lowest BCUT2D eigenvalue weighted by Crippen LogP contribution is -2.54. The number of rotatable bonds is 2. The van der Waals surface area contributed by atoms with Crippen LogP contribution >= 0.6 is 0 Å². The van der Waals surface area contributed by atoms with Gasteiger partial charge in [-0.3, -0.25) is 4.99 Å². The van der Waals surface area contributed by atoms with Gasteiger partial charge in [-0.1, -0.05) is 11.7 Å². The molecule has 0 aromatic carbocycles. The molecule has 0 N–H and O–H groups in total. The highest BCUT2D eigenvalue weighted by molar-refractivity contribution is 5.78. The van der Waals surface area contributed by atoms with Gasteiger partial charge in [0.05, 0.1) is 18.5 Å². The molecule has 0 saturated carbocycles. The molecule has 1 aliphatic rings. The zero-order chi connectivity index (χ0) is 17.3. The SMILES string of the molecule is [C-]#[N+]c1cnc2ccc(C=NC3CN(C(=O)OC(C)(C)C)C3)nn12. The van der Waals surface area contributed by atoms with Gasteiger partial charge in [-0.05, 0) is 26.8 Å². The quantitative estimate of drug-likeness (QED) is 0.627. The van der Waals surface area contributed by atoms with Gasteiger partial charge in [0.1, 0.15) is 11.3 Å². The van der Waals surface area contributed by atoms with E-state index in [2.05, 4.69) is 19.9 Å². The molecule has 0 unspecified atom stereocenters. The van der Waals surface area contributed by atoms with Crippen molar-refractivity contribution in [2.45, 2.75) is 32.4 Å². The third-order valence-electron chi connectivity index (χ3n) is 3.41. The Hall–Kier alpha value is -2.95. The van der Waals surface area contributed by atoms with Crippen LogP contribution in [0.5, 0.6) is 0 Å². The maximum atomic E-state index is 11.8. The van der Waals surface area contributed by atoms with Crippen LogP contribution in [0.2, 0.25) is 0 Å². The van der Waals surface area contributed by atoms with E-state index in [1.165, 1.54) is 10.7 Å². The van der Waals surface area contributed by atoms with Crippen LogP contribution in [-0.2, 0) is 4.74 Å². The minimum Gasteiger partial charge on any atom is -0.444 e. The highest BCUT2D eigenvalue weighted by atomic mass is 16.6. The molecule has 0 radical (unpaired) electrons. The molecule has 0 spiro atoms. The monoisotopic (exact) mass is 326 g/mol. The van der Waals surface area contributed by atoms with Crippen molar-refractivity contribution in [3.63, 3.8) is 0 Å². The molecule has 1 amide bonds. The number of fused-ring (bicyclic) bond motifs is 1. The molecule has 3 heterocycles. The number of aromatic nitrogens is 3. The number of imidazole rings is 1. The van der Waals surface area contributed by atoms with E-state index in [-0.39, 0.29) is 12.1 Å². The van der Waals surface area contributed by atoms with E-state index in [9.17, 15) is 4.79 Å². The van der Waals surface area contributed by atoms with E-state index in [0.717, 1.165) is 0 Å². The first kappa shape index (κ1) is 15.9. The second-order valence-electron chi connectivity index (χ2n) is 6.57. The predicted molar refractivity (Wildman–Crippen MR) is 88.4 cm³/mol. The molecule has 124 valence electrons. The summed E-state index contributed by atoms with van der Waals surface area (Å²) in [7, 11) is 0. The number of amides is 1. The maximum absolute atomic E-state index is 11.8. The fourth-order valence-electron chi connectivity index (χ4n) is 2.23. The molecule has 1 saturated heterocycles. The summed E-state index contributed by atoms with van der Waals surface area (Å²) in [4.78, 5) is 25.4. The molecular weight excluding hydrogens is 308 g/mol. The normalized spacial score (nSPS) is 15.5. The summed E-state index contributed by atoms with van der Waals surface area (Å²) >= 11 is 0. The van der Waals surface area contributed by atoms with E-state index in [4.69, 9.17) is 11.3 Å². The summed E-state index contributed by atoms with van der Waals surface area (Å²) in [6.45, 7) is 13.7. The van der Waals surface area contributed by atoms with Crippen molar-refractivity contribution in [3.8, 4) is 0 Å². The van der Waals surface area contributed by atoms with Crippen LogP contribution in [0.3, 0.4) is 0 Å². The number of ether oxygens (including phenoxy) is 1. The summed E-state index contributed by atoms with van der Waals surface area (Å²) in [6.07, 6.45) is 2.83. The fraction of sp³-hybridized carbons (Fsp3) is 0.438. The minimum atomic E-state index is -0.490. The van der Waals surface area contributed by atoms with Crippen molar-refractivity contribution >= 4 is 23.8 Å². The zero-order valence-electron chi connectivity index (χ0n) is 13.8. The number of hydrogen-bond acceptors (Lipinski definition) is 5. The molecule has 8 nitrogen and oxygen atoms in total. The van der Waals surface area contributed by atoms with Crippen LogP contribution in [0.15, 0.2) is 23.3 Å². The van der Waals surface area contributed by atoms with Gasteiger partial charge in [0.2, 0.25) is 5.65 Å². The average molecular weight is 326 g/mol. The first-order valence-corrected chi connectivity index (χ1v) is 7.59. The van der Waals surface area contributed by atoms with Gasteiger partial charge in [-0.15, -0.1) is 4.52 Å². The van der Waals surface area contributed by atoms with Crippen LogP contribution in [0.1, 0.15) is 26.5 Å². The van der Waals surface area contributed by atoms with Gasteiger partial charge < -0.3 is 14.5 Å². The molecule has 2 aromatic heterocycles. The molecule has 0 aliphatic carbocycles. The minimum absolute atomic E-state index is 0.0399. The van der Waals surface area contributed by atoms with Crippen LogP contribution < -0.4 is 0 Å². The number of aliphatic imine (C=N–C) groups is 1. The van der Waals surface area contributed by atoms with Crippen molar-refractivity contribution in [3.05, 3.63) is 35.4 Å². The maximum Gasteiger partial charge on any atom is 0.410 e. The molecule has 0 bridgehead atoms. The lowest BCUT2D eigenvalue weighted by molar-refractivity contribution is 0.00911. The summed E-state index contributed by atoms with van der Waals surface area (Å²) in [5.74, 6) is 0.361. The number of hydrogen-bond donors (Lipinski definition) is 0. The summed E-state index contributed by atoms with van der Waals surface area (Å²) < 4.78 is 6.79. The molecule has 0 atom stereocenters. The number of carbonyl (C=O) groups is 1. The Labute approximate surface area is 139 Å². The largest absolute Gasteiger partial charge is 0.444 e. The Morgan fingerprint density at radius 2 is 2.21 bits per heavy atom. The van der Waals surface area contributed by atoms with E-state index >= 15 is 0 Å². The molecule has 8 heteroatoms. The van der Waals surface area contributed by atoms with Crippen molar-refractivity contribution in [1.29, 1.82) is 0 Å². The number of nitrogens with zero attached hydrogens (tertiary/aromatic N) is 6. The fourth-order valence-corrected chi connectivity index (χ4v) is 2.23. The summed E-state index contributed by atoms with van der Waals surface area (Å²) in [6, 6.07) is 3.62. The summed E-state index contributed by atoms with van der Waals surface area (Å²) in [5, 5.41) is 4.32. The van der Waals surface area contributed by atoms with E-state index in [1.807, 2.05) is 20.8 Å². The molecular formula is C16H18N6O2. The zero-order valence-corrected chi connectivity index (χ0v) is 13.8. The predicted octanol–water partition coefficient (Wildman–Crippen LogP) is 2.32. The molecule has 1 aliphatic heterocycles. The third-order valence-corrected chi connectivity index (χ3v) is 3.41. The second-order valence-corrected chi connectivity index (χ2v) is 6.57. The lowest BCUT2D eigenvalue weighted by Gasteiger charge is -2.37. The van der Waals surface area contributed by atoms with Crippen molar-refractivity contribution < 1.29 is 9.53 Å². The van der Waals surface area contributed by atoms with Gasteiger partial charge in [0.25, 0.3) is 5.82 Å². The molecule has 2 aromatic rings. The standard InChI is InChI=1S/C16H18N6O2/c1-16(2,3)24-15(23)21-9-12(10-21)18-7-11-5-6-13-19-8-14(17-4)22(13)20-11/h5-8,12H,9-10H2,1-3H3. The van der Waals surface area contributed by atoms with Crippen molar-refractivity contribution in [2.75, 3.05) is 13.1 Å². The lowest BCUT2D eigenvalue weighted by atomic mass is 10.1. The first-order chi connectivity index (χ1) is 11.4. The summed E-state index contributed by atoms with van der Waals surface area (Å²) in [5.41, 5.74) is 0.773. The van der Waals surface area contributed by atoms with Gasteiger partial charge in [0, 0.05) is 19.2 Å². The Morgan fingerprint density at radius 1 is 1.46 bits per heavy atom. The van der Waals surface area contributed by atoms with Crippen LogP contribution in [-0.4, -0.2) is 56.5 Å². The smallest absolute Gasteiger partial charge is 0.410 e. The molecule has 24 heavy (non-hydrogen) atoms. The Balaban J connectivity index is 1.60. The van der Waals surface area contributed by atoms with E-state index in [1.54, 1.807) is 23.2 Å². The number of carbonyl (C=O) groups excluding carboxylic acids is 1. The number of likely N-dealkylation sites (tertiary alicyclic amines) is 1. The Kier molecular flexibility index (Phi) is 3.93. The Bertz CT molecular complexity index is 836. The van der Waals surface area contributed by atoms with E-state index in [0.29, 0.717) is 30.2 Å². The van der Waals surface area contributed by atoms with Crippen molar-refractivity contribution in [2.24, 2.45) is 4.99 Å². The van der Waals surface area contributed by atoms with Crippen LogP contribution in [0.4, 0.5) is 10.6 Å². The highest BCUT2D eigenvalue weighted by Crippen LogP contribution is 2.17. The first-order valence-electron chi connectivity index (χ1n) is 7.59. The van der Waals surface area contributed by atoms with Crippen LogP contribution in [0.25, 0.3) is 10.5 Å². The average Bonchev–Trinajstić information content (AvgIpc) is 2.85. The van der Waals surface area contributed by atoms with Gasteiger partial charge >= 0.3 is 6.09 Å². The van der Waals surface area contributed by atoms with Crippen molar-refractivity contribution in [1.82, 2.24) is 19.5 Å². The van der Waals surface area contributed by atoms with E-state index < -0.39 is 5.60 Å².